The van der Waals surface area contributed by atoms with E-state index in [1.54, 1.807) is 6.33 Å². The molecule has 0 spiro atoms. The summed E-state index contributed by atoms with van der Waals surface area (Å²) in [5.74, 6) is 0.829. The number of nitrogens with one attached hydrogen (secondary N) is 1. The molecule has 0 bridgehead atoms. The maximum Gasteiger partial charge on any atom is 0.157 e. The Morgan fingerprint density at radius 3 is 2.94 bits per heavy atom. The lowest BCUT2D eigenvalue weighted by atomic mass is 9.97. The van der Waals surface area contributed by atoms with Gasteiger partial charge in [-0.05, 0) is 25.7 Å². The maximum absolute atomic E-state index is 5.38. The predicted octanol–water partition coefficient (Wildman–Crippen LogP) is 2.42. The van der Waals surface area contributed by atoms with Gasteiger partial charge in [0.05, 0.1) is 12.5 Å². The molecular formula is C12H14N4S. The molecule has 5 heteroatoms. The summed E-state index contributed by atoms with van der Waals surface area (Å²) in [6.07, 6.45) is 8.16. The van der Waals surface area contributed by atoms with E-state index in [9.17, 15) is 0 Å². The van der Waals surface area contributed by atoms with E-state index < -0.39 is 0 Å². The van der Waals surface area contributed by atoms with Gasteiger partial charge in [0.2, 0.25) is 0 Å². The van der Waals surface area contributed by atoms with Crippen molar-refractivity contribution in [1.82, 2.24) is 19.5 Å². The summed E-state index contributed by atoms with van der Waals surface area (Å²) in [5.41, 5.74) is 3.47. The second-order valence-electron chi connectivity index (χ2n) is 4.44. The second kappa shape index (κ2) is 4.07. The Bertz CT molecular complexity index is 611. The van der Waals surface area contributed by atoms with E-state index in [0.29, 0.717) is 0 Å². The van der Waals surface area contributed by atoms with Gasteiger partial charge in [-0.3, -0.25) is 0 Å². The van der Waals surface area contributed by atoms with E-state index in [4.69, 9.17) is 12.2 Å². The molecule has 1 aliphatic rings. The number of fused-ring (bicyclic) bond motifs is 1. The molecule has 2 heterocycles. The summed E-state index contributed by atoms with van der Waals surface area (Å²) in [4.78, 5) is 12.0. The standard InChI is InChI=1S/C12H14N4S/c1-16-7-13-6-10(16)11-14-9-5-3-2-4-8(9)12(17)15-11/h6-7H,2-5H2,1H3,(H,14,15,17). The quantitative estimate of drug-likeness (QED) is 0.786. The molecule has 0 aromatic carbocycles. The number of rotatable bonds is 1. The van der Waals surface area contributed by atoms with Crippen LogP contribution in [0.15, 0.2) is 12.5 Å². The lowest BCUT2D eigenvalue weighted by Gasteiger charge is -2.16. The molecule has 1 aliphatic carbocycles. The van der Waals surface area contributed by atoms with Gasteiger partial charge in [-0.2, -0.15) is 0 Å². The first kappa shape index (κ1) is 10.7. The van der Waals surface area contributed by atoms with Crippen LogP contribution in [0.2, 0.25) is 0 Å². The zero-order valence-electron chi connectivity index (χ0n) is 9.73. The summed E-state index contributed by atoms with van der Waals surface area (Å²) in [6, 6.07) is 0. The molecule has 0 saturated carbocycles. The average Bonchev–Trinajstić information content (AvgIpc) is 2.75. The van der Waals surface area contributed by atoms with Gasteiger partial charge in [-0.1, -0.05) is 12.2 Å². The number of imidazole rings is 1. The minimum atomic E-state index is 0.745. The van der Waals surface area contributed by atoms with Gasteiger partial charge in [-0.25, -0.2) is 9.97 Å². The lowest BCUT2D eigenvalue weighted by molar-refractivity contribution is 0.660. The first-order chi connectivity index (χ1) is 8.25. The largest absolute Gasteiger partial charge is 0.342 e. The molecule has 2 aromatic heterocycles. The third-order valence-corrected chi connectivity index (χ3v) is 3.61. The van der Waals surface area contributed by atoms with Crippen molar-refractivity contribution < 1.29 is 0 Å². The zero-order chi connectivity index (χ0) is 11.8. The number of aromatic nitrogens is 4. The summed E-state index contributed by atoms with van der Waals surface area (Å²) < 4.78 is 2.69. The highest BCUT2D eigenvalue weighted by atomic mass is 32.1. The van der Waals surface area contributed by atoms with Crippen LogP contribution in [0.25, 0.3) is 11.5 Å². The molecule has 0 saturated heterocycles. The van der Waals surface area contributed by atoms with Crippen molar-refractivity contribution in [3.63, 3.8) is 0 Å². The van der Waals surface area contributed by atoms with Crippen molar-refractivity contribution >= 4 is 12.2 Å². The van der Waals surface area contributed by atoms with Gasteiger partial charge in [0.25, 0.3) is 0 Å². The highest BCUT2D eigenvalue weighted by Gasteiger charge is 2.14. The molecule has 1 N–H and O–H groups in total. The molecule has 17 heavy (non-hydrogen) atoms. The molecule has 4 nitrogen and oxygen atoms in total. The highest BCUT2D eigenvalue weighted by molar-refractivity contribution is 7.71. The third-order valence-electron chi connectivity index (χ3n) is 3.27. The molecule has 0 unspecified atom stereocenters. The lowest BCUT2D eigenvalue weighted by Crippen LogP contribution is -2.09. The number of hydrogen-bond acceptors (Lipinski definition) is 3. The van der Waals surface area contributed by atoms with Gasteiger partial charge in [-0.15, -0.1) is 0 Å². The fraction of sp³-hybridized carbons (Fsp3) is 0.417. The second-order valence-corrected chi connectivity index (χ2v) is 4.83. The van der Waals surface area contributed by atoms with E-state index >= 15 is 0 Å². The molecule has 0 aliphatic heterocycles. The number of H-pyrrole nitrogens is 1. The topological polar surface area (TPSA) is 46.5 Å². The third kappa shape index (κ3) is 1.80. The molecule has 3 rings (SSSR count). The van der Waals surface area contributed by atoms with Crippen molar-refractivity contribution in [2.45, 2.75) is 25.7 Å². The zero-order valence-corrected chi connectivity index (χ0v) is 10.5. The van der Waals surface area contributed by atoms with Crippen LogP contribution in [-0.4, -0.2) is 19.5 Å². The van der Waals surface area contributed by atoms with Crippen molar-refractivity contribution in [2.24, 2.45) is 7.05 Å². The van der Waals surface area contributed by atoms with E-state index in [0.717, 1.165) is 29.0 Å². The van der Waals surface area contributed by atoms with Gasteiger partial charge < -0.3 is 9.55 Å². The molecule has 0 radical (unpaired) electrons. The fourth-order valence-electron chi connectivity index (χ4n) is 2.33. The van der Waals surface area contributed by atoms with Crippen LogP contribution in [0.4, 0.5) is 0 Å². The molecule has 88 valence electrons. The molecule has 0 fully saturated rings. The van der Waals surface area contributed by atoms with Crippen LogP contribution in [0.5, 0.6) is 0 Å². The monoisotopic (exact) mass is 246 g/mol. The van der Waals surface area contributed by atoms with Crippen molar-refractivity contribution in [3.8, 4) is 11.5 Å². The van der Waals surface area contributed by atoms with E-state index in [2.05, 4.69) is 15.0 Å². The number of aromatic amines is 1. The Morgan fingerprint density at radius 2 is 2.18 bits per heavy atom. The maximum atomic E-state index is 5.38. The molecule has 0 atom stereocenters. The average molecular weight is 246 g/mol. The van der Waals surface area contributed by atoms with Crippen LogP contribution in [0.1, 0.15) is 24.1 Å². The van der Waals surface area contributed by atoms with E-state index in [1.165, 1.54) is 24.1 Å². The van der Waals surface area contributed by atoms with E-state index in [1.807, 2.05) is 17.8 Å². The molecule has 2 aromatic rings. The number of hydrogen-bond donors (Lipinski definition) is 1. The van der Waals surface area contributed by atoms with Gasteiger partial charge in [0, 0.05) is 18.3 Å². The minimum Gasteiger partial charge on any atom is -0.342 e. The van der Waals surface area contributed by atoms with Crippen LogP contribution in [0.3, 0.4) is 0 Å². The normalized spacial score (nSPS) is 14.6. The summed E-state index contributed by atoms with van der Waals surface area (Å²) >= 11 is 5.38. The smallest absolute Gasteiger partial charge is 0.157 e. The molecule has 0 amide bonds. The summed E-state index contributed by atoms with van der Waals surface area (Å²) in [7, 11) is 1.96. The fourth-order valence-corrected chi connectivity index (χ4v) is 2.64. The van der Waals surface area contributed by atoms with Gasteiger partial charge in [0.15, 0.2) is 5.82 Å². The number of nitrogens with zero attached hydrogens (tertiary/aromatic N) is 3. The predicted molar refractivity (Wildman–Crippen MR) is 68.3 cm³/mol. The number of aryl methyl sites for hydroxylation is 2. The minimum absolute atomic E-state index is 0.745. The summed E-state index contributed by atoms with van der Waals surface area (Å²) in [5, 5.41) is 0. The highest BCUT2D eigenvalue weighted by Crippen LogP contribution is 2.23. The Hall–Kier alpha value is -1.49. The van der Waals surface area contributed by atoms with Crippen LogP contribution < -0.4 is 0 Å². The van der Waals surface area contributed by atoms with Crippen molar-refractivity contribution in [1.29, 1.82) is 0 Å². The first-order valence-corrected chi connectivity index (χ1v) is 6.25. The summed E-state index contributed by atoms with van der Waals surface area (Å²) in [6.45, 7) is 0. The van der Waals surface area contributed by atoms with Crippen LogP contribution >= 0.6 is 12.2 Å². The van der Waals surface area contributed by atoms with Crippen molar-refractivity contribution in [3.05, 3.63) is 28.4 Å². The Labute approximate surface area is 105 Å². The Morgan fingerprint density at radius 1 is 1.35 bits per heavy atom. The van der Waals surface area contributed by atoms with Crippen LogP contribution in [0, 0.1) is 4.64 Å². The SMILES string of the molecule is Cn1cncc1-c1nc(=S)c2c([nH]1)CCCC2. The Balaban J connectivity index is 2.17. The first-order valence-electron chi connectivity index (χ1n) is 5.84. The van der Waals surface area contributed by atoms with Gasteiger partial charge in [0.1, 0.15) is 10.3 Å². The van der Waals surface area contributed by atoms with E-state index in [-0.39, 0.29) is 0 Å². The van der Waals surface area contributed by atoms with Crippen molar-refractivity contribution in [2.75, 3.05) is 0 Å². The van der Waals surface area contributed by atoms with Crippen LogP contribution in [-0.2, 0) is 19.9 Å². The molecular weight excluding hydrogens is 232 g/mol. The Kier molecular flexibility index (Phi) is 2.55. The van der Waals surface area contributed by atoms with Gasteiger partial charge >= 0.3 is 0 Å².